The molecule has 0 spiro atoms. The minimum absolute atomic E-state index is 0.215. The summed E-state index contributed by atoms with van der Waals surface area (Å²) in [5.41, 5.74) is 2.67. The second-order valence-corrected chi connectivity index (χ2v) is 8.81. The topological polar surface area (TPSA) is 90.4 Å². The molecule has 2 aliphatic heterocycles. The zero-order valence-corrected chi connectivity index (χ0v) is 19.0. The van der Waals surface area contributed by atoms with Crippen LogP contribution < -0.4 is 9.64 Å². The maximum Gasteiger partial charge on any atom is 0.278 e. The highest BCUT2D eigenvalue weighted by molar-refractivity contribution is 6.30. The van der Waals surface area contributed by atoms with E-state index in [1.165, 1.54) is 0 Å². The van der Waals surface area contributed by atoms with Gasteiger partial charge in [0.1, 0.15) is 11.0 Å². The molecule has 166 valence electrons. The fourth-order valence-corrected chi connectivity index (χ4v) is 4.48. The Hall–Kier alpha value is -3.20. The molecule has 0 unspecified atom stereocenters. The molecule has 5 rings (SSSR count). The fraction of sp³-hybridized carbons (Fsp3) is 0.409. The van der Waals surface area contributed by atoms with Gasteiger partial charge >= 0.3 is 0 Å². The number of carbonyl (C=O) groups excluding carboxylic acids is 1. The van der Waals surface area contributed by atoms with Crippen LogP contribution in [0.1, 0.15) is 35.7 Å². The molecule has 32 heavy (non-hydrogen) atoms. The van der Waals surface area contributed by atoms with Crippen molar-refractivity contribution in [1.29, 1.82) is 0 Å². The van der Waals surface area contributed by atoms with E-state index in [2.05, 4.69) is 32.0 Å². The first-order valence-electron chi connectivity index (χ1n) is 10.6. The van der Waals surface area contributed by atoms with Crippen molar-refractivity contribution in [3.05, 3.63) is 40.8 Å². The summed E-state index contributed by atoms with van der Waals surface area (Å²) in [6, 6.07) is 3.23. The Balaban J connectivity index is 1.59. The van der Waals surface area contributed by atoms with Crippen molar-refractivity contribution in [2.45, 2.75) is 26.2 Å². The summed E-state index contributed by atoms with van der Waals surface area (Å²) in [4.78, 5) is 24.1. The van der Waals surface area contributed by atoms with Crippen molar-refractivity contribution in [2.24, 2.45) is 25.0 Å². The number of halogens is 1. The van der Waals surface area contributed by atoms with Gasteiger partial charge in [0.05, 0.1) is 24.1 Å². The summed E-state index contributed by atoms with van der Waals surface area (Å²) in [7, 11) is 3.72. The van der Waals surface area contributed by atoms with Crippen LogP contribution in [-0.4, -0.2) is 49.4 Å². The number of pyridine rings is 1. The summed E-state index contributed by atoms with van der Waals surface area (Å²) < 4.78 is 9.54. The first kappa shape index (κ1) is 20.7. The molecule has 3 aromatic rings. The number of hydrogen-bond donors (Lipinski definition) is 0. The Labute approximate surface area is 190 Å². The average Bonchev–Trinajstić information content (AvgIpc) is 3.38. The van der Waals surface area contributed by atoms with Gasteiger partial charge in [-0.3, -0.25) is 9.48 Å². The highest BCUT2D eigenvalue weighted by atomic mass is 35.5. The summed E-state index contributed by atoms with van der Waals surface area (Å²) in [5.74, 6) is 2.19. The van der Waals surface area contributed by atoms with Crippen LogP contribution in [0.25, 0.3) is 11.3 Å². The van der Waals surface area contributed by atoms with E-state index in [0.717, 1.165) is 30.8 Å². The Morgan fingerprint density at radius 2 is 2.09 bits per heavy atom. The number of anilines is 1. The third-order valence-corrected chi connectivity index (χ3v) is 6.00. The van der Waals surface area contributed by atoms with Gasteiger partial charge in [0.2, 0.25) is 5.88 Å². The summed E-state index contributed by atoms with van der Waals surface area (Å²) in [6.07, 6.45) is 6.08. The van der Waals surface area contributed by atoms with E-state index in [1.807, 2.05) is 20.3 Å². The van der Waals surface area contributed by atoms with E-state index in [9.17, 15) is 4.79 Å². The van der Waals surface area contributed by atoms with E-state index in [1.54, 1.807) is 27.7 Å². The largest absolute Gasteiger partial charge is 0.477 e. The van der Waals surface area contributed by atoms with Crippen LogP contribution in [0.3, 0.4) is 0 Å². The SMILES string of the molecule is C[C@@H]1CCCOc2c(cnn2C)-c2cc(cc(Cl)n2)C(=O)N=C2Cc3cn(C)nc3N2C1. The molecule has 2 aliphatic rings. The molecule has 0 aliphatic carbocycles. The molecule has 0 fully saturated rings. The molecule has 3 aromatic heterocycles. The smallest absolute Gasteiger partial charge is 0.278 e. The molecule has 1 amide bonds. The number of aromatic nitrogens is 5. The van der Waals surface area contributed by atoms with Gasteiger partial charge in [-0.15, -0.1) is 0 Å². The highest BCUT2D eigenvalue weighted by Gasteiger charge is 2.31. The van der Waals surface area contributed by atoms with Gasteiger partial charge in [-0.2, -0.15) is 15.2 Å². The van der Waals surface area contributed by atoms with Gasteiger partial charge in [0.25, 0.3) is 5.91 Å². The molecule has 9 nitrogen and oxygen atoms in total. The molecule has 5 heterocycles. The molecule has 1 atom stereocenters. The number of aliphatic imine (C=N–C) groups is 1. The minimum Gasteiger partial charge on any atom is -0.477 e. The van der Waals surface area contributed by atoms with Crippen molar-refractivity contribution < 1.29 is 9.53 Å². The number of fused-ring (bicyclic) bond motifs is 7. The summed E-state index contributed by atoms with van der Waals surface area (Å²) in [5, 5.41) is 9.13. The first-order valence-corrected chi connectivity index (χ1v) is 11.0. The van der Waals surface area contributed by atoms with Crippen LogP contribution in [0.5, 0.6) is 5.88 Å². The fourth-order valence-electron chi connectivity index (χ4n) is 4.27. The molecular weight excluding hydrogens is 430 g/mol. The number of rotatable bonds is 0. The molecule has 10 heteroatoms. The summed E-state index contributed by atoms with van der Waals surface area (Å²) in [6.45, 7) is 3.48. The lowest BCUT2D eigenvalue weighted by Crippen LogP contribution is -2.33. The predicted octanol–water partition coefficient (Wildman–Crippen LogP) is 3.28. The first-order chi connectivity index (χ1) is 15.4. The highest BCUT2D eigenvalue weighted by Crippen LogP contribution is 2.32. The van der Waals surface area contributed by atoms with E-state index < -0.39 is 0 Å². The molecule has 2 bridgehead atoms. The Morgan fingerprint density at radius 3 is 2.94 bits per heavy atom. The number of nitrogens with zero attached hydrogens (tertiary/aromatic N) is 7. The van der Waals surface area contributed by atoms with Crippen molar-refractivity contribution in [2.75, 3.05) is 18.1 Å². The van der Waals surface area contributed by atoms with Gasteiger partial charge < -0.3 is 9.64 Å². The van der Waals surface area contributed by atoms with Gasteiger partial charge in [0.15, 0.2) is 5.82 Å². The maximum atomic E-state index is 13.2. The van der Waals surface area contributed by atoms with Gasteiger partial charge in [-0.05, 0) is 30.9 Å². The Kier molecular flexibility index (Phi) is 5.21. The summed E-state index contributed by atoms with van der Waals surface area (Å²) >= 11 is 6.28. The molecule has 0 N–H and O–H groups in total. The number of ether oxygens (including phenoxy) is 1. The van der Waals surface area contributed by atoms with Gasteiger partial charge in [0, 0.05) is 44.4 Å². The lowest BCUT2D eigenvalue weighted by molar-refractivity contribution is 0.100. The van der Waals surface area contributed by atoms with E-state index >= 15 is 0 Å². The van der Waals surface area contributed by atoms with Crippen molar-refractivity contribution >= 4 is 29.2 Å². The quantitative estimate of drug-likeness (QED) is 0.485. The van der Waals surface area contributed by atoms with Crippen LogP contribution in [0.4, 0.5) is 5.82 Å². The van der Waals surface area contributed by atoms with Crippen molar-refractivity contribution in [1.82, 2.24) is 24.5 Å². The van der Waals surface area contributed by atoms with Crippen LogP contribution in [-0.2, 0) is 20.5 Å². The normalized spacial score (nSPS) is 18.8. The van der Waals surface area contributed by atoms with Gasteiger partial charge in [-0.1, -0.05) is 18.5 Å². The zero-order chi connectivity index (χ0) is 22.4. The van der Waals surface area contributed by atoms with Gasteiger partial charge in [-0.25, -0.2) is 9.67 Å². The number of aryl methyl sites for hydroxylation is 2. The molecular formula is C22H24ClN7O2. The van der Waals surface area contributed by atoms with E-state index in [-0.39, 0.29) is 11.1 Å². The third-order valence-electron chi connectivity index (χ3n) is 5.80. The molecule has 0 saturated heterocycles. The maximum absolute atomic E-state index is 13.2. The second kappa shape index (κ2) is 8.05. The average molecular weight is 454 g/mol. The minimum atomic E-state index is -0.362. The van der Waals surface area contributed by atoms with Crippen LogP contribution in [0.15, 0.2) is 29.5 Å². The van der Waals surface area contributed by atoms with E-state index in [4.69, 9.17) is 16.3 Å². The number of carbonyl (C=O) groups is 1. The Morgan fingerprint density at radius 1 is 1.25 bits per heavy atom. The number of amidine groups is 1. The van der Waals surface area contributed by atoms with Crippen LogP contribution in [0.2, 0.25) is 5.15 Å². The van der Waals surface area contributed by atoms with Crippen LogP contribution >= 0.6 is 11.6 Å². The molecule has 0 radical (unpaired) electrons. The number of amides is 1. The van der Waals surface area contributed by atoms with Crippen molar-refractivity contribution in [3.8, 4) is 17.1 Å². The standard InChI is InChI=1S/C22H24ClN7O2/c1-13-5-4-6-32-22-16(10-24-29(22)3)17-7-14(8-18(23)25-17)21(31)26-19-9-15-12-28(2)27-20(15)30(19)11-13/h7-8,10,12-13H,4-6,9,11H2,1-3H3/t13-/m1/s1. The lowest BCUT2D eigenvalue weighted by Gasteiger charge is -2.23. The second-order valence-electron chi connectivity index (χ2n) is 8.42. The lowest BCUT2D eigenvalue weighted by atomic mass is 10.1. The van der Waals surface area contributed by atoms with Crippen molar-refractivity contribution in [3.63, 3.8) is 0 Å². The molecule has 0 saturated carbocycles. The molecule has 0 aromatic carbocycles. The number of hydrogen-bond acceptors (Lipinski definition) is 6. The Bertz CT molecular complexity index is 1230. The zero-order valence-electron chi connectivity index (χ0n) is 18.2. The third kappa shape index (κ3) is 3.77. The predicted molar refractivity (Wildman–Crippen MR) is 121 cm³/mol. The monoisotopic (exact) mass is 453 g/mol. The van der Waals surface area contributed by atoms with Crippen LogP contribution in [0, 0.1) is 5.92 Å². The van der Waals surface area contributed by atoms with E-state index in [0.29, 0.717) is 47.5 Å².